The smallest absolute Gasteiger partial charge is 0.265 e. The second-order valence-corrected chi connectivity index (χ2v) is 3.59. The molecule has 1 aromatic carbocycles. The molecule has 0 saturated heterocycles. The summed E-state index contributed by atoms with van der Waals surface area (Å²) >= 11 is 0. The van der Waals surface area contributed by atoms with Crippen molar-refractivity contribution < 1.29 is 9.90 Å². The summed E-state index contributed by atoms with van der Waals surface area (Å²) < 4.78 is 0. The highest BCUT2D eigenvalue weighted by molar-refractivity contribution is 5.95. The average molecular weight is 223 g/mol. The summed E-state index contributed by atoms with van der Waals surface area (Å²) in [4.78, 5) is 13.4. The highest BCUT2D eigenvalue weighted by Gasteiger charge is 2.10. The molecule has 16 heavy (non-hydrogen) atoms. The van der Waals surface area contributed by atoms with Crippen LogP contribution in [0.5, 0.6) is 0 Å². The monoisotopic (exact) mass is 223 g/mol. The normalized spacial score (nSPS) is 10.5. The van der Waals surface area contributed by atoms with Gasteiger partial charge in [-0.25, -0.2) is 5.84 Å². The number of nitrogens with two attached hydrogens (primary N) is 1. The summed E-state index contributed by atoms with van der Waals surface area (Å²) in [7, 11) is 1.88. The first-order valence-corrected chi connectivity index (χ1v) is 5.07. The molecule has 0 aliphatic heterocycles. The molecule has 5 heteroatoms. The zero-order valence-electron chi connectivity index (χ0n) is 9.31. The van der Waals surface area contributed by atoms with Gasteiger partial charge in [0, 0.05) is 18.7 Å². The Morgan fingerprint density at radius 3 is 2.81 bits per heavy atom. The maximum absolute atomic E-state index is 11.5. The van der Waals surface area contributed by atoms with Crippen molar-refractivity contribution in [2.45, 2.75) is 6.54 Å². The van der Waals surface area contributed by atoms with Gasteiger partial charge in [-0.1, -0.05) is 18.2 Å². The first kappa shape index (κ1) is 12.6. The third kappa shape index (κ3) is 3.30. The van der Waals surface area contributed by atoms with E-state index in [0.717, 1.165) is 5.56 Å². The predicted octanol–water partition coefficient (Wildman–Crippen LogP) is -0.286. The van der Waals surface area contributed by atoms with E-state index in [1.54, 1.807) is 12.1 Å². The van der Waals surface area contributed by atoms with Gasteiger partial charge in [0.2, 0.25) is 0 Å². The molecule has 88 valence electrons. The Morgan fingerprint density at radius 1 is 1.50 bits per heavy atom. The standard InChI is InChI=1S/C11H17N3O2/c1-14(6-7-15)8-9-4-2-3-5-10(9)11(16)13-12/h2-5,15H,6-8,12H2,1H3,(H,13,16). The van der Waals surface area contributed by atoms with E-state index in [9.17, 15) is 4.79 Å². The van der Waals surface area contributed by atoms with E-state index in [0.29, 0.717) is 18.7 Å². The third-order valence-corrected chi connectivity index (χ3v) is 2.32. The van der Waals surface area contributed by atoms with Gasteiger partial charge in [0.25, 0.3) is 5.91 Å². The van der Waals surface area contributed by atoms with Crippen molar-refractivity contribution in [3.05, 3.63) is 35.4 Å². The highest BCUT2D eigenvalue weighted by Crippen LogP contribution is 2.10. The van der Waals surface area contributed by atoms with Crippen molar-refractivity contribution in [1.82, 2.24) is 10.3 Å². The van der Waals surface area contributed by atoms with E-state index in [2.05, 4.69) is 5.43 Å². The van der Waals surface area contributed by atoms with E-state index >= 15 is 0 Å². The number of nitrogens with one attached hydrogen (secondary N) is 1. The molecule has 0 heterocycles. The molecule has 0 spiro atoms. The molecule has 0 saturated carbocycles. The van der Waals surface area contributed by atoms with Gasteiger partial charge < -0.3 is 5.11 Å². The minimum Gasteiger partial charge on any atom is -0.395 e. The molecule has 0 unspecified atom stereocenters. The molecule has 5 nitrogen and oxygen atoms in total. The molecule has 0 fully saturated rings. The average Bonchev–Trinajstić information content (AvgIpc) is 2.29. The molecule has 1 rings (SSSR count). The van der Waals surface area contributed by atoms with Crippen molar-refractivity contribution in [3.63, 3.8) is 0 Å². The molecule has 0 aliphatic carbocycles. The van der Waals surface area contributed by atoms with Crippen LogP contribution in [0.3, 0.4) is 0 Å². The number of likely N-dealkylation sites (N-methyl/N-ethyl adjacent to an activating group) is 1. The minimum atomic E-state index is -0.298. The van der Waals surface area contributed by atoms with Crippen LogP contribution in [0.4, 0.5) is 0 Å². The summed E-state index contributed by atoms with van der Waals surface area (Å²) in [5.74, 6) is 4.81. The Bertz CT molecular complexity index is 355. The van der Waals surface area contributed by atoms with Gasteiger partial charge in [0.15, 0.2) is 0 Å². The lowest BCUT2D eigenvalue weighted by atomic mass is 10.1. The molecule has 1 amide bonds. The molecule has 0 radical (unpaired) electrons. The molecule has 0 aliphatic rings. The number of hydrazine groups is 1. The van der Waals surface area contributed by atoms with Crippen LogP contribution in [-0.2, 0) is 6.54 Å². The lowest BCUT2D eigenvalue weighted by molar-refractivity contribution is 0.0951. The maximum atomic E-state index is 11.5. The lowest BCUT2D eigenvalue weighted by Gasteiger charge is -2.17. The molecule has 0 atom stereocenters. The number of rotatable bonds is 5. The fourth-order valence-corrected chi connectivity index (χ4v) is 1.50. The highest BCUT2D eigenvalue weighted by atomic mass is 16.3. The quantitative estimate of drug-likeness (QED) is 0.364. The predicted molar refractivity (Wildman–Crippen MR) is 61.5 cm³/mol. The van der Waals surface area contributed by atoms with Gasteiger partial charge in [-0.2, -0.15) is 0 Å². The number of carbonyl (C=O) groups excluding carboxylic acids is 1. The van der Waals surface area contributed by atoms with E-state index in [-0.39, 0.29) is 12.5 Å². The second-order valence-electron chi connectivity index (χ2n) is 3.59. The SMILES string of the molecule is CN(CCO)Cc1ccccc1C(=O)NN. The van der Waals surface area contributed by atoms with Crippen molar-refractivity contribution in [1.29, 1.82) is 0 Å². The summed E-state index contributed by atoms with van der Waals surface area (Å²) in [5, 5.41) is 8.80. The summed E-state index contributed by atoms with van der Waals surface area (Å²) in [6, 6.07) is 7.26. The zero-order chi connectivity index (χ0) is 12.0. The number of aliphatic hydroxyl groups excluding tert-OH is 1. The Morgan fingerprint density at radius 2 is 2.19 bits per heavy atom. The number of nitrogen functional groups attached to an aromatic ring is 1. The summed E-state index contributed by atoms with van der Waals surface area (Å²) in [6.45, 7) is 1.27. The first-order chi connectivity index (χ1) is 7.69. The van der Waals surface area contributed by atoms with Crippen LogP contribution in [0.25, 0.3) is 0 Å². The fraction of sp³-hybridized carbons (Fsp3) is 0.364. The van der Waals surface area contributed by atoms with E-state index in [4.69, 9.17) is 10.9 Å². The number of carbonyl (C=O) groups is 1. The number of hydrogen-bond donors (Lipinski definition) is 3. The van der Waals surface area contributed by atoms with Crippen molar-refractivity contribution >= 4 is 5.91 Å². The van der Waals surface area contributed by atoms with Crippen molar-refractivity contribution in [3.8, 4) is 0 Å². The summed E-state index contributed by atoms with van der Waals surface area (Å²) in [6.07, 6.45) is 0. The number of hydrogen-bond acceptors (Lipinski definition) is 4. The molecule has 1 aromatic rings. The van der Waals surface area contributed by atoms with Crippen LogP contribution >= 0.6 is 0 Å². The fourth-order valence-electron chi connectivity index (χ4n) is 1.50. The van der Waals surface area contributed by atoms with Gasteiger partial charge in [-0.3, -0.25) is 15.1 Å². The largest absolute Gasteiger partial charge is 0.395 e. The second kappa shape index (κ2) is 6.22. The topological polar surface area (TPSA) is 78.6 Å². The number of amides is 1. The zero-order valence-corrected chi connectivity index (χ0v) is 9.31. The van der Waals surface area contributed by atoms with E-state index in [1.165, 1.54) is 0 Å². The van der Waals surface area contributed by atoms with Gasteiger partial charge in [-0.15, -0.1) is 0 Å². The Balaban J connectivity index is 2.82. The van der Waals surface area contributed by atoms with Crippen LogP contribution in [-0.4, -0.2) is 36.1 Å². The number of benzene rings is 1. The van der Waals surface area contributed by atoms with Crippen LogP contribution in [0.1, 0.15) is 15.9 Å². The van der Waals surface area contributed by atoms with Crippen LogP contribution in [0, 0.1) is 0 Å². The van der Waals surface area contributed by atoms with Gasteiger partial charge in [-0.05, 0) is 18.7 Å². The van der Waals surface area contributed by atoms with Crippen LogP contribution in [0.15, 0.2) is 24.3 Å². The minimum absolute atomic E-state index is 0.0990. The molecule has 4 N–H and O–H groups in total. The van der Waals surface area contributed by atoms with Crippen molar-refractivity contribution in [2.24, 2.45) is 5.84 Å². The molecular formula is C11H17N3O2. The van der Waals surface area contributed by atoms with Gasteiger partial charge in [0.05, 0.1) is 6.61 Å². The number of aliphatic hydroxyl groups is 1. The third-order valence-electron chi connectivity index (χ3n) is 2.32. The lowest BCUT2D eigenvalue weighted by Crippen LogP contribution is -2.31. The Hall–Kier alpha value is -1.43. The first-order valence-electron chi connectivity index (χ1n) is 5.07. The maximum Gasteiger partial charge on any atom is 0.265 e. The van der Waals surface area contributed by atoms with Crippen LogP contribution < -0.4 is 11.3 Å². The van der Waals surface area contributed by atoms with Gasteiger partial charge in [0.1, 0.15) is 0 Å². The van der Waals surface area contributed by atoms with E-state index in [1.807, 2.05) is 24.1 Å². The number of nitrogens with zero attached hydrogens (tertiary/aromatic N) is 1. The molecule has 0 aromatic heterocycles. The Labute approximate surface area is 94.8 Å². The van der Waals surface area contributed by atoms with Crippen molar-refractivity contribution in [2.75, 3.05) is 20.2 Å². The Kier molecular flexibility index (Phi) is 4.91. The van der Waals surface area contributed by atoms with E-state index < -0.39 is 0 Å². The summed E-state index contributed by atoms with van der Waals surface area (Å²) in [5.41, 5.74) is 3.57. The molecular weight excluding hydrogens is 206 g/mol. The van der Waals surface area contributed by atoms with Gasteiger partial charge >= 0.3 is 0 Å². The molecule has 0 bridgehead atoms. The van der Waals surface area contributed by atoms with Crippen LogP contribution in [0.2, 0.25) is 0 Å².